The molecule has 1 unspecified atom stereocenters. The first kappa shape index (κ1) is 13.8. The van der Waals surface area contributed by atoms with E-state index in [0.717, 1.165) is 17.9 Å². The molecule has 2 aliphatic rings. The van der Waals surface area contributed by atoms with Crippen molar-refractivity contribution in [3.63, 3.8) is 0 Å². The van der Waals surface area contributed by atoms with E-state index < -0.39 is 0 Å². The monoisotopic (exact) mass is 303 g/mol. The van der Waals surface area contributed by atoms with E-state index in [1.807, 2.05) is 0 Å². The van der Waals surface area contributed by atoms with Crippen LogP contribution < -0.4 is 0 Å². The van der Waals surface area contributed by atoms with Gasteiger partial charge in [-0.25, -0.2) is 0 Å². The quantitative estimate of drug-likeness (QED) is 0.720. The topological polar surface area (TPSA) is 12.5 Å². The lowest BCUT2D eigenvalue weighted by atomic mass is 10.1. The third kappa shape index (κ3) is 3.93. The van der Waals surface area contributed by atoms with Crippen molar-refractivity contribution < 1.29 is 4.74 Å². The van der Waals surface area contributed by atoms with Gasteiger partial charge in [-0.15, -0.1) is 0 Å². The van der Waals surface area contributed by atoms with Gasteiger partial charge in [-0.3, -0.25) is 4.90 Å². The van der Waals surface area contributed by atoms with E-state index >= 15 is 0 Å². The summed E-state index contributed by atoms with van der Waals surface area (Å²) in [4.78, 5) is 2.66. The van der Waals surface area contributed by atoms with Gasteiger partial charge in [0, 0.05) is 24.5 Å². The zero-order chi connectivity index (χ0) is 12.3. The van der Waals surface area contributed by atoms with Gasteiger partial charge in [0.25, 0.3) is 0 Å². The molecule has 1 heterocycles. The number of hydrogen-bond donors (Lipinski definition) is 0. The number of hydrogen-bond acceptors (Lipinski definition) is 2. The van der Waals surface area contributed by atoms with E-state index in [-0.39, 0.29) is 5.60 Å². The van der Waals surface area contributed by atoms with Crippen LogP contribution in [0.15, 0.2) is 0 Å². The van der Waals surface area contributed by atoms with Crippen molar-refractivity contribution in [1.29, 1.82) is 0 Å². The maximum atomic E-state index is 6.13. The Kier molecular flexibility index (Phi) is 4.90. The number of alkyl halides is 1. The molecule has 0 aromatic heterocycles. The first-order valence-electron chi connectivity index (χ1n) is 7.08. The molecule has 2 rings (SSSR count). The number of ether oxygens (including phenoxy) is 1. The Morgan fingerprint density at radius 3 is 2.47 bits per heavy atom. The second kappa shape index (κ2) is 6.03. The van der Waals surface area contributed by atoms with Gasteiger partial charge in [0.1, 0.15) is 0 Å². The van der Waals surface area contributed by atoms with Gasteiger partial charge in [0.05, 0.1) is 11.7 Å². The summed E-state index contributed by atoms with van der Waals surface area (Å²) in [5, 5.41) is 1.08. The fourth-order valence-electron chi connectivity index (χ4n) is 3.27. The number of halogens is 1. The molecule has 1 saturated heterocycles. The molecular weight excluding hydrogens is 278 g/mol. The molecule has 0 bridgehead atoms. The van der Waals surface area contributed by atoms with Crippen LogP contribution in [0.2, 0.25) is 0 Å². The second-order valence-corrected chi connectivity index (χ2v) is 6.95. The maximum Gasteiger partial charge on any atom is 0.0710 e. The lowest BCUT2D eigenvalue weighted by Gasteiger charge is -2.31. The molecule has 0 aromatic rings. The molecule has 1 aliphatic carbocycles. The van der Waals surface area contributed by atoms with Crippen molar-refractivity contribution in [2.75, 3.05) is 18.4 Å². The molecule has 100 valence electrons. The van der Waals surface area contributed by atoms with E-state index in [1.165, 1.54) is 45.1 Å². The smallest absolute Gasteiger partial charge is 0.0710 e. The number of nitrogens with zero attached hydrogens (tertiary/aromatic N) is 1. The van der Waals surface area contributed by atoms with Gasteiger partial charge in [-0.05, 0) is 39.5 Å². The van der Waals surface area contributed by atoms with Gasteiger partial charge >= 0.3 is 0 Å². The molecule has 2 nitrogen and oxygen atoms in total. The van der Waals surface area contributed by atoms with E-state index in [1.54, 1.807) is 0 Å². The summed E-state index contributed by atoms with van der Waals surface area (Å²) < 4.78 is 6.13. The summed E-state index contributed by atoms with van der Waals surface area (Å²) in [7, 11) is 0. The first-order valence-corrected chi connectivity index (χ1v) is 8.21. The highest BCUT2D eigenvalue weighted by Gasteiger charge is 2.34. The average Bonchev–Trinajstić information content (AvgIpc) is 2.87. The Labute approximate surface area is 114 Å². The summed E-state index contributed by atoms with van der Waals surface area (Å²) in [5.41, 5.74) is 0.112. The fraction of sp³-hybridized carbons (Fsp3) is 1.00. The zero-order valence-corrected chi connectivity index (χ0v) is 12.8. The lowest BCUT2D eigenvalue weighted by Crippen LogP contribution is -2.40. The highest BCUT2D eigenvalue weighted by Crippen LogP contribution is 2.31. The van der Waals surface area contributed by atoms with E-state index in [9.17, 15) is 0 Å². The van der Waals surface area contributed by atoms with Crippen LogP contribution in [0.1, 0.15) is 52.4 Å². The number of rotatable bonds is 5. The van der Waals surface area contributed by atoms with Crippen LogP contribution in [0.4, 0.5) is 0 Å². The van der Waals surface area contributed by atoms with Crippen molar-refractivity contribution in [2.24, 2.45) is 0 Å². The van der Waals surface area contributed by atoms with Crippen LogP contribution in [0.25, 0.3) is 0 Å². The third-order valence-electron chi connectivity index (χ3n) is 4.21. The Morgan fingerprint density at radius 2 is 1.94 bits per heavy atom. The molecule has 0 amide bonds. The molecule has 3 heteroatoms. The predicted molar refractivity (Wildman–Crippen MR) is 75.8 cm³/mol. The first-order chi connectivity index (χ1) is 8.11. The van der Waals surface area contributed by atoms with Crippen LogP contribution in [-0.2, 0) is 4.74 Å². The SMILES string of the molecule is CC1(C)CCC(CN(CCBr)C2CCCC2)O1. The molecule has 0 spiro atoms. The van der Waals surface area contributed by atoms with E-state index in [2.05, 4.69) is 34.7 Å². The lowest BCUT2D eigenvalue weighted by molar-refractivity contribution is -0.0326. The maximum absolute atomic E-state index is 6.13. The predicted octanol–water partition coefficient (Wildman–Crippen LogP) is 3.58. The molecule has 1 saturated carbocycles. The van der Waals surface area contributed by atoms with Crippen LogP contribution in [-0.4, -0.2) is 41.1 Å². The Balaban J connectivity index is 1.84. The Hall–Kier alpha value is 0.400. The standard InChI is InChI=1S/C14H26BrNO/c1-14(2)8-7-13(17-14)11-16(10-9-15)12-5-3-4-6-12/h12-13H,3-11H2,1-2H3. The molecule has 17 heavy (non-hydrogen) atoms. The molecule has 1 aliphatic heterocycles. The van der Waals surface area contributed by atoms with Crippen LogP contribution in [0, 0.1) is 0 Å². The average molecular weight is 304 g/mol. The van der Waals surface area contributed by atoms with Crippen LogP contribution in [0.5, 0.6) is 0 Å². The van der Waals surface area contributed by atoms with Crippen LogP contribution >= 0.6 is 15.9 Å². The highest BCUT2D eigenvalue weighted by atomic mass is 79.9. The minimum Gasteiger partial charge on any atom is -0.371 e. The molecular formula is C14H26BrNO. The summed E-state index contributed by atoms with van der Waals surface area (Å²) in [6.07, 6.45) is 8.53. The Bertz CT molecular complexity index is 238. The normalized spacial score (nSPS) is 29.3. The minimum atomic E-state index is 0.112. The summed E-state index contributed by atoms with van der Waals surface area (Å²) in [5.74, 6) is 0. The van der Waals surface area contributed by atoms with Crippen LogP contribution in [0.3, 0.4) is 0 Å². The van der Waals surface area contributed by atoms with Crippen molar-refractivity contribution in [2.45, 2.75) is 70.1 Å². The third-order valence-corrected chi connectivity index (χ3v) is 4.56. The van der Waals surface area contributed by atoms with Gasteiger partial charge in [-0.1, -0.05) is 28.8 Å². The summed E-state index contributed by atoms with van der Waals surface area (Å²) in [6.45, 7) is 6.75. The largest absolute Gasteiger partial charge is 0.371 e. The van der Waals surface area contributed by atoms with E-state index in [4.69, 9.17) is 4.74 Å². The van der Waals surface area contributed by atoms with Crippen molar-refractivity contribution in [3.8, 4) is 0 Å². The fourth-order valence-corrected chi connectivity index (χ4v) is 3.72. The Morgan fingerprint density at radius 1 is 1.24 bits per heavy atom. The molecule has 0 N–H and O–H groups in total. The second-order valence-electron chi connectivity index (χ2n) is 6.16. The zero-order valence-electron chi connectivity index (χ0n) is 11.3. The van der Waals surface area contributed by atoms with Gasteiger partial charge < -0.3 is 4.74 Å². The molecule has 2 fully saturated rings. The van der Waals surface area contributed by atoms with Crippen molar-refractivity contribution in [1.82, 2.24) is 4.90 Å². The minimum absolute atomic E-state index is 0.112. The molecule has 0 radical (unpaired) electrons. The molecule has 0 aromatic carbocycles. The summed E-state index contributed by atoms with van der Waals surface area (Å²) in [6, 6.07) is 0.819. The molecule has 1 atom stereocenters. The highest BCUT2D eigenvalue weighted by molar-refractivity contribution is 9.09. The summed E-state index contributed by atoms with van der Waals surface area (Å²) >= 11 is 3.59. The van der Waals surface area contributed by atoms with Crippen molar-refractivity contribution in [3.05, 3.63) is 0 Å². The van der Waals surface area contributed by atoms with Gasteiger partial charge in [-0.2, -0.15) is 0 Å². The van der Waals surface area contributed by atoms with E-state index in [0.29, 0.717) is 6.10 Å². The van der Waals surface area contributed by atoms with Gasteiger partial charge in [0.15, 0.2) is 0 Å². The van der Waals surface area contributed by atoms with Gasteiger partial charge in [0.2, 0.25) is 0 Å². The van der Waals surface area contributed by atoms with Crippen molar-refractivity contribution >= 4 is 15.9 Å².